The van der Waals surface area contributed by atoms with Gasteiger partial charge in [-0.2, -0.15) is 0 Å². The maximum absolute atomic E-state index is 12.7. The molecule has 0 spiro atoms. The highest BCUT2D eigenvalue weighted by Gasteiger charge is 2.40. The van der Waals surface area contributed by atoms with Gasteiger partial charge >= 0.3 is 6.09 Å². The van der Waals surface area contributed by atoms with Crippen molar-refractivity contribution in [2.24, 2.45) is 5.92 Å². The van der Waals surface area contributed by atoms with Gasteiger partial charge in [0.1, 0.15) is 10.1 Å². The largest absolute Gasteiger partial charge is 0.480 e. The standard InChI is InChI=1S/C22H34BrN3O4/c1-22(2,3)30-21(27)25-9-6-8-15(14-25)17-12-16-13-24-20(29-5)18(23)19(16)26(17)10-7-11-28-4/h13,15,17H,6-12,14H2,1-5H3/t15-,17?/m1/s1. The van der Waals surface area contributed by atoms with E-state index in [-0.39, 0.29) is 6.09 Å². The highest BCUT2D eigenvalue weighted by atomic mass is 79.9. The fourth-order valence-corrected chi connectivity index (χ4v) is 5.24. The molecule has 0 aromatic carbocycles. The minimum atomic E-state index is -0.479. The number of hydrogen-bond acceptors (Lipinski definition) is 6. The highest BCUT2D eigenvalue weighted by Crippen LogP contribution is 2.45. The highest BCUT2D eigenvalue weighted by molar-refractivity contribution is 9.10. The van der Waals surface area contributed by atoms with Crippen molar-refractivity contribution in [2.75, 3.05) is 45.4 Å². The Hall–Kier alpha value is -1.54. The summed E-state index contributed by atoms with van der Waals surface area (Å²) in [7, 11) is 3.37. The Balaban J connectivity index is 1.80. The van der Waals surface area contributed by atoms with E-state index in [1.54, 1.807) is 14.2 Å². The molecule has 1 aromatic rings. The number of rotatable bonds is 6. The van der Waals surface area contributed by atoms with E-state index >= 15 is 0 Å². The van der Waals surface area contributed by atoms with Gasteiger partial charge in [0.25, 0.3) is 0 Å². The van der Waals surface area contributed by atoms with Crippen LogP contribution in [0.25, 0.3) is 0 Å². The Morgan fingerprint density at radius 2 is 2.10 bits per heavy atom. The van der Waals surface area contributed by atoms with Gasteiger partial charge in [0.15, 0.2) is 0 Å². The molecule has 8 heteroatoms. The molecule has 1 amide bonds. The number of likely N-dealkylation sites (tertiary alicyclic amines) is 1. The van der Waals surface area contributed by atoms with Gasteiger partial charge in [-0.25, -0.2) is 9.78 Å². The zero-order valence-electron chi connectivity index (χ0n) is 18.7. The lowest BCUT2D eigenvalue weighted by atomic mass is 9.88. The van der Waals surface area contributed by atoms with Crippen LogP contribution in [0.1, 0.15) is 45.6 Å². The summed E-state index contributed by atoms with van der Waals surface area (Å²) in [5, 5.41) is 0. The average molecular weight is 484 g/mol. The number of hydrogen-bond donors (Lipinski definition) is 0. The van der Waals surface area contributed by atoms with Crippen molar-refractivity contribution in [3.05, 3.63) is 16.2 Å². The van der Waals surface area contributed by atoms with Gasteiger partial charge in [-0.3, -0.25) is 0 Å². The van der Waals surface area contributed by atoms with Gasteiger partial charge in [-0.15, -0.1) is 0 Å². The number of ether oxygens (including phenoxy) is 3. The van der Waals surface area contributed by atoms with Crippen LogP contribution >= 0.6 is 15.9 Å². The van der Waals surface area contributed by atoms with Crippen LogP contribution in [-0.2, 0) is 15.9 Å². The van der Waals surface area contributed by atoms with Gasteiger partial charge in [0.2, 0.25) is 5.88 Å². The number of nitrogens with zero attached hydrogens (tertiary/aromatic N) is 3. The molecular formula is C22H34BrN3O4. The summed E-state index contributed by atoms with van der Waals surface area (Å²) in [4.78, 5) is 21.5. The maximum Gasteiger partial charge on any atom is 0.410 e. The van der Waals surface area contributed by atoms with Crippen LogP contribution in [0.3, 0.4) is 0 Å². The number of methoxy groups -OCH3 is 2. The molecule has 0 radical (unpaired) electrons. The lowest BCUT2D eigenvalue weighted by Crippen LogP contribution is -2.49. The van der Waals surface area contributed by atoms with E-state index in [0.717, 1.165) is 55.5 Å². The Kier molecular flexibility index (Phi) is 7.50. The van der Waals surface area contributed by atoms with Crippen molar-refractivity contribution in [2.45, 2.75) is 58.1 Å². The minimum Gasteiger partial charge on any atom is -0.480 e. The van der Waals surface area contributed by atoms with E-state index in [4.69, 9.17) is 14.2 Å². The van der Waals surface area contributed by atoms with Crippen molar-refractivity contribution in [1.29, 1.82) is 0 Å². The second kappa shape index (κ2) is 9.73. The van der Waals surface area contributed by atoms with Crippen LogP contribution in [0.15, 0.2) is 10.7 Å². The van der Waals surface area contributed by atoms with E-state index in [2.05, 4.69) is 25.8 Å². The number of fused-ring (bicyclic) bond motifs is 1. The zero-order valence-corrected chi connectivity index (χ0v) is 20.3. The van der Waals surface area contributed by atoms with E-state index in [1.165, 1.54) is 5.56 Å². The van der Waals surface area contributed by atoms with Crippen molar-refractivity contribution < 1.29 is 19.0 Å². The quantitative estimate of drug-likeness (QED) is 0.562. The second-order valence-electron chi connectivity index (χ2n) is 9.10. The minimum absolute atomic E-state index is 0.210. The SMILES string of the molecule is COCCCN1c2c(cnc(OC)c2Br)CC1[C@@H]1CCCN(C(=O)OC(C)(C)C)C1. The smallest absolute Gasteiger partial charge is 0.410 e. The van der Waals surface area contributed by atoms with E-state index < -0.39 is 5.60 Å². The predicted octanol–water partition coefficient (Wildman–Crippen LogP) is 4.27. The Bertz CT molecular complexity index is 753. The van der Waals surface area contributed by atoms with Crippen LogP contribution in [0.5, 0.6) is 5.88 Å². The zero-order chi connectivity index (χ0) is 21.9. The summed E-state index contributed by atoms with van der Waals surface area (Å²) in [5.74, 6) is 0.976. The molecule has 2 aliphatic heterocycles. The van der Waals surface area contributed by atoms with Gasteiger partial charge < -0.3 is 24.0 Å². The van der Waals surface area contributed by atoms with Gasteiger partial charge in [-0.05, 0) is 73.9 Å². The lowest BCUT2D eigenvalue weighted by Gasteiger charge is -2.40. The number of carbonyl (C=O) groups excluding carboxylic acids is 1. The average Bonchev–Trinajstić information content (AvgIpc) is 3.07. The molecule has 2 aliphatic rings. The molecule has 1 unspecified atom stereocenters. The lowest BCUT2D eigenvalue weighted by molar-refractivity contribution is 0.0152. The van der Waals surface area contributed by atoms with E-state index in [0.29, 0.717) is 24.4 Å². The normalized spacial score (nSPS) is 21.5. The summed E-state index contributed by atoms with van der Waals surface area (Å²) < 4.78 is 17.3. The summed E-state index contributed by atoms with van der Waals surface area (Å²) >= 11 is 3.72. The molecule has 0 aliphatic carbocycles. The molecule has 168 valence electrons. The van der Waals surface area contributed by atoms with Crippen molar-refractivity contribution in [3.8, 4) is 5.88 Å². The predicted molar refractivity (Wildman–Crippen MR) is 120 cm³/mol. The number of carbonyl (C=O) groups is 1. The number of pyridine rings is 1. The first-order valence-electron chi connectivity index (χ1n) is 10.7. The first-order valence-corrected chi connectivity index (χ1v) is 11.5. The third kappa shape index (κ3) is 5.19. The summed E-state index contributed by atoms with van der Waals surface area (Å²) in [5.41, 5.74) is 1.91. The number of aromatic nitrogens is 1. The molecule has 0 saturated carbocycles. The second-order valence-corrected chi connectivity index (χ2v) is 9.89. The third-order valence-electron chi connectivity index (χ3n) is 5.75. The first-order chi connectivity index (χ1) is 14.2. The van der Waals surface area contributed by atoms with Crippen LogP contribution in [0.2, 0.25) is 0 Å². The number of amides is 1. The number of anilines is 1. The van der Waals surface area contributed by atoms with Gasteiger partial charge in [0.05, 0.1) is 12.8 Å². The van der Waals surface area contributed by atoms with Crippen LogP contribution in [-0.4, -0.2) is 68.1 Å². The van der Waals surface area contributed by atoms with E-state index in [9.17, 15) is 4.79 Å². The molecular weight excluding hydrogens is 450 g/mol. The Labute approximate surface area is 188 Å². The monoisotopic (exact) mass is 483 g/mol. The van der Waals surface area contributed by atoms with E-state index in [1.807, 2.05) is 31.9 Å². The molecule has 1 saturated heterocycles. The number of halogens is 1. The van der Waals surface area contributed by atoms with Gasteiger partial charge in [-0.1, -0.05) is 0 Å². The molecule has 2 atom stereocenters. The Morgan fingerprint density at radius 3 is 2.77 bits per heavy atom. The summed E-state index contributed by atoms with van der Waals surface area (Å²) in [6.45, 7) is 8.82. The fourth-order valence-electron chi connectivity index (χ4n) is 4.49. The van der Waals surface area contributed by atoms with Crippen molar-refractivity contribution >= 4 is 27.7 Å². The summed E-state index contributed by atoms with van der Waals surface area (Å²) in [6.07, 6.45) is 5.66. The topological polar surface area (TPSA) is 64.1 Å². The van der Waals surface area contributed by atoms with Gasteiger partial charge in [0, 0.05) is 45.6 Å². The van der Waals surface area contributed by atoms with Crippen molar-refractivity contribution in [3.63, 3.8) is 0 Å². The molecule has 30 heavy (non-hydrogen) atoms. The maximum atomic E-state index is 12.7. The van der Waals surface area contributed by atoms with Crippen molar-refractivity contribution in [1.82, 2.24) is 9.88 Å². The van der Waals surface area contributed by atoms with Crippen LogP contribution in [0, 0.1) is 5.92 Å². The Morgan fingerprint density at radius 1 is 1.33 bits per heavy atom. The summed E-state index contributed by atoms with van der Waals surface area (Å²) in [6, 6.07) is 0.312. The molecule has 1 aromatic heterocycles. The molecule has 3 rings (SSSR count). The molecule has 7 nitrogen and oxygen atoms in total. The third-order valence-corrected chi connectivity index (χ3v) is 6.46. The first kappa shape index (κ1) is 23.1. The molecule has 3 heterocycles. The van der Waals surface area contributed by atoms with Crippen LogP contribution in [0.4, 0.5) is 10.5 Å². The molecule has 0 bridgehead atoms. The fraction of sp³-hybridized carbons (Fsp3) is 0.727. The molecule has 0 N–H and O–H groups in total. The van der Waals surface area contributed by atoms with Crippen LogP contribution < -0.4 is 9.64 Å². The molecule has 1 fully saturated rings. The number of piperidine rings is 1.